The van der Waals surface area contributed by atoms with Crippen molar-refractivity contribution in [2.45, 2.75) is 53.0 Å². The summed E-state index contributed by atoms with van der Waals surface area (Å²) in [5, 5.41) is 3.50. The predicted molar refractivity (Wildman–Crippen MR) is 129 cm³/mol. The molecule has 0 aromatic heterocycles. The lowest BCUT2D eigenvalue weighted by Crippen LogP contribution is -2.30. The molecule has 31 heavy (non-hydrogen) atoms. The van der Waals surface area contributed by atoms with E-state index in [0.717, 1.165) is 30.4 Å². The van der Waals surface area contributed by atoms with Crippen molar-refractivity contribution < 1.29 is 13.2 Å². The van der Waals surface area contributed by atoms with Crippen molar-refractivity contribution >= 4 is 33.2 Å². The predicted octanol–water partition coefficient (Wildman–Crippen LogP) is 5.56. The second kappa shape index (κ2) is 11.5. The van der Waals surface area contributed by atoms with E-state index >= 15 is 0 Å². The van der Waals surface area contributed by atoms with E-state index < -0.39 is 10.0 Å². The molecular formula is C24H33ClN2O3S. The highest BCUT2D eigenvalue weighted by molar-refractivity contribution is 7.92. The molecule has 1 atom stereocenters. The smallest absolute Gasteiger partial charge is 0.251 e. The topological polar surface area (TPSA) is 66.5 Å². The van der Waals surface area contributed by atoms with Crippen LogP contribution in [0, 0.1) is 12.8 Å². The number of nitrogens with zero attached hydrogens (tertiary/aromatic N) is 1. The summed E-state index contributed by atoms with van der Waals surface area (Å²) in [5.41, 5.74) is 2.73. The van der Waals surface area contributed by atoms with Crippen molar-refractivity contribution in [2.24, 2.45) is 5.92 Å². The number of unbranched alkanes of at least 4 members (excludes halogenated alkanes) is 1. The SMILES string of the molecule is CCCC[C@@H](CC)CNC(=O)c1ccc(CN(c2cc(Cl)ccc2C)S(C)(=O)=O)cc1. The van der Waals surface area contributed by atoms with Crippen molar-refractivity contribution in [3.8, 4) is 0 Å². The normalized spacial score (nSPS) is 12.4. The Kier molecular flexibility index (Phi) is 9.38. The van der Waals surface area contributed by atoms with Gasteiger partial charge in [-0.15, -0.1) is 0 Å². The highest BCUT2D eigenvalue weighted by atomic mass is 35.5. The average Bonchev–Trinajstić information content (AvgIpc) is 2.73. The minimum absolute atomic E-state index is 0.104. The van der Waals surface area contributed by atoms with Crippen molar-refractivity contribution in [3.05, 3.63) is 64.2 Å². The molecule has 0 bridgehead atoms. The molecule has 0 heterocycles. The Morgan fingerprint density at radius 1 is 1.13 bits per heavy atom. The molecule has 2 rings (SSSR count). The van der Waals surface area contributed by atoms with Gasteiger partial charge in [0, 0.05) is 17.1 Å². The van der Waals surface area contributed by atoms with Gasteiger partial charge >= 0.3 is 0 Å². The molecule has 0 unspecified atom stereocenters. The number of hydrogen-bond acceptors (Lipinski definition) is 3. The summed E-state index contributed by atoms with van der Waals surface area (Å²) in [6.07, 6.45) is 5.68. The molecule has 0 aliphatic heterocycles. The van der Waals surface area contributed by atoms with Crippen LogP contribution in [0.3, 0.4) is 0 Å². The Labute approximate surface area is 191 Å². The Hall–Kier alpha value is -2.05. The molecule has 2 aromatic carbocycles. The van der Waals surface area contributed by atoms with Gasteiger partial charge in [0.25, 0.3) is 5.91 Å². The first-order chi connectivity index (χ1) is 14.7. The molecular weight excluding hydrogens is 432 g/mol. The number of carbonyl (C=O) groups is 1. The molecule has 0 spiro atoms. The summed E-state index contributed by atoms with van der Waals surface area (Å²) >= 11 is 6.09. The molecule has 0 saturated carbocycles. The summed E-state index contributed by atoms with van der Waals surface area (Å²) in [6.45, 7) is 7.01. The van der Waals surface area contributed by atoms with Crippen LogP contribution < -0.4 is 9.62 Å². The van der Waals surface area contributed by atoms with Crippen LogP contribution in [0.1, 0.15) is 61.0 Å². The Morgan fingerprint density at radius 2 is 1.81 bits per heavy atom. The number of hydrogen-bond donors (Lipinski definition) is 1. The summed E-state index contributed by atoms with van der Waals surface area (Å²) in [4.78, 5) is 12.5. The molecule has 2 aromatic rings. The molecule has 7 heteroatoms. The molecule has 170 valence electrons. The fourth-order valence-corrected chi connectivity index (χ4v) is 4.55. The zero-order chi connectivity index (χ0) is 23.0. The maximum absolute atomic E-state index is 12.5. The van der Waals surface area contributed by atoms with Gasteiger partial charge in [-0.2, -0.15) is 0 Å². The fourth-order valence-electron chi connectivity index (χ4n) is 3.44. The quantitative estimate of drug-likeness (QED) is 0.473. The Morgan fingerprint density at radius 3 is 2.39 bits per heavy atom. The van der Waals surface area contributed by atoms with Crippen LogP contribution >= 0.6 is 11.6 Å². The number of halogens is 1. The van der Waals surface area contributed by atoms with Crippen LogP contribution in [0.5, 0.6) is 0 Å². The van der Waals surface area contributed by atoms with Gasteiger partial charge in [0.1, 0.15) is 0 Å². The standard InChI is InChI=1S/C24H33ClN2O3S/c1-5-7-8-19(6-2)16-26-24(28)21-12-10-20(11-13-21)17-27(31(4,29)30)23-15-22(25)14-9-18(23)3/h9-15,19H,5-8,16-17H2,1-4H3,(H,26,28)/t19-/m1/s1. The Balaban J connectivity index is 2.11. The summed E-state index contributed by atoms with van der Waals surface area (Å²) in [6, 6.07) is 12.3. The molecule has 0 fully saturated rings. The molecule has 0 aliphatic carbocycles. The monoisotopic (exact) mass is 464 g/mol. The second-order valence-corrected chi connectivity index (χ2v) is 10.4. The van der Waals surface area contributed by atoms with Crippen LogP contribution in [-0.2, 0) is 16.6 Å². The maximum Gasteiger partial charge on any atom is 0.251 e. The average molecular weight is 465 g/mol. The van der Waals surface area contributed by atoms with E-state index in [2.05, 4.69) is 19.2 Å². The van der Waals surface area contributed by atoms with Crippen LogP contribution in [-0.4, -0.2) is 27.1 Å². The van der Waals surface area contributed by atoms with Gasteiger partial charge in [0.2, 0.25) is 10.0 Å². The van der Waals surface area contributed by atoms with Crippen LogP contribution in [0.4, 0.5) is 5.69 Å². The first-order valence-corrected chi connectivity index (χ1v) is 13.0. The number of carbonyl (C=O) groups excluding carboxylic acids is 1. The van der Waals surface area contributed by atoms with E-state index in [-0.39, 0.29) is 12.5 Å². The van der Waals surface area contributed by atoms with Gasteiger partial charge in [-0.1, -0.05) is 62.9 Å². The molecule has 1 amide bonds. The minimum Gasteiger partial charge on any atom is -0.352 e. The largest absolute Gasteiger partial charge is 0.352 e. The van der Waals surface area contributed by atoms with Crippen molar-refractivity contribution in [3.63, 3.8) is 0 Å². The highest BCUT2D eigenvalue weighted by Gasteiger charge is 2.20. The van der Waals surface area contributed by atoms with Crippen LogP contribution in [0.2, 0.25) is 5.02 Å². The lowest BCUT2D eigenvalue weighted by molar-refractivity contribution is 0.0946. The number of benzene rings is 2. The summed E-state index contributed by atoms with van der Waals surface area (Å²) in [7, 11) is -3.52. The van der Waals surface area contributed by atoms with E-state index in [9.17, 15) is 13.2 Å². The molecule has 0 radical (unpaired) electrons. The van der Waals surface area contributed by atoms with Crippen LogP contribution in [0.15, 0.2) is 42.5 Å². The lowest BCUT2D eigenvalue weighted by atomic mass is 9.99. The van der Waals surface area contributed by atoms with E-state index in [4.69, 9.17) is 11.6 Å². The number of anilines is 1. The zero-order valence-corrected chi connectivity index (χ0v) is 20.4. The van der Waals surface area contributed by atoms with Gasteiger partial charge in [-0.3, -0.25) is 9.10 Å². The van der Waals surface area contributed by atoms with Crippen LogP contribution in [0.25, 0.3) is 0 Å². The third-order valence-electron chi connectivity index (χ3n) is 5.48. The van der Waals surface area contributed by atoms with Gasteiger partial charge in [-0.05, 0) is 54.7 Å². The van der Waals surface area contributed by atoms with E-state index in [1.54, 1.807) is 42.5 Å². The molecule has 0 saturated heterocycles. The lowest BCUT2D eigenvalue weighted by Gasteiger charge is -2.24. The van der Waals surface area contributed by atoms with Gasteiger partial charge in [-0.25, -0.2) is 8.42 Å². The maximum atomic E-state index is 12.5. The third-order valence-corrected chi connectivity index (χ3v) is 6.84. The number of amides is 1. The number of aryl methyl sites for hydroxylation is 1. The van der Waals surface area contributed by atoms with E-state index in [1.165, 1.54) is 17.0 Å². The summed E-state index contributed by atoms with van der Waals surface area (Å²) < 4.78 is 26.2. The molecule has 0 aliphatic rings. The zero-order valence-electron chi connectivity index (χ0n) is 18.8. The van der Waals surface area contributed by atoms with Gasteiger partial charge in [0.05, 0.1) is 18.5 Å². The minimum atomic E-state index is -3.52. The first kappa shape index (κ1) is 25.2. The first-order valence-electron chi connectivity index (χ1n) is 10.8. The molecule has 5 nitrogen and oxygen atoms in total. The Bertz CT molecular complexity index is 975. The number of sulfonamides is 1. The highest BCUT2D eigenvalue weighted by Crippen LogP contribution is 2.28. The van der Waals surface area contributed by atoms with Crippen molar-refractivity contribution in [2.75, 3.05) is 17.1 Å². The second-order valence-electron chi connectivity index (χ2n) is 8.02. The molecule has 1 N–H and O–H groups in total. The number of rotatable bonds is 11. The number of nitrogens with one attached hydrogen (secondary N) is 1. The summed E-state index contributed by atoms with van der Waals surface area (Å²) in [5.74, 6) is 0.389. The van der Waals surface area contributed by atoms with Gasteiger partial charge in [0.15, 0.2) is 0 Å². The van der Waals surface area contributed by atoms with Crippen molar-refractivity contribution in [1.82, 2.24) is 5.32 Å². The fraction of sp³-hybridized carbons (Fsp3) is 0.458. The van der Waals surface area contributed by atoms with Crippen molar-refractivity contribution in [1.29, 1.82) is 0 Å². The third kappa shape index (κ3) is 7.54. The van der Waals surface area contributed by atoms with Gasteiger partial charge < -0.3 is 5.32 Å². The van der Waals surface area contributed by atoms with E-state index in [1.807, 2.05) is 6.92 Å². The van der Waals surface area contributed by atoms with E-state index in [0.29, 0.717) is 28.7 Å².